The zero-order valence-electron chi connectivity index (χ0n) is 22.0. The molecule has 5 nitrogen and oxygen atoms in total. The van der Waals surface area contributed by atoms with E-state index in [2.05, 4.69) is 0 Å². The van der Waals surface area contributed by atoms with Gasteiger partial charge in [0.25, 0.3) is 0 Å². The lowest BCUT2D eigenvalue weighted by molar-refractivity contribution is -0.288. The molecule has 0 atom stereocenters. The van der Waals surface area contributed by atoms with Crippen molar-refractivity contribution in [2.75, 3.05) is 0 Å². The van der Waals surface area contributed by atoms with Gasteiger partial charge in [-0.1, -0.05) is 24.3 Å². The molecule has 0 radical (unpaired) electrons. The fourth-order valence-corrected chi connectivity index (χ4v) is 4.44. The van der Waals surface area contributed by atoms with Gasteiger partial charge < -0.3 is 14.6 Å². The van der Waals surface area contributed by atoms with Crippen molar-refractivity contribution in [3.8, 4) is 23.0 Å². The van der Waals surface area contributed by atoms with Crippen LogP contribution >= 0.6 is 0 Å². The fraction of sp³-hybridized carbons (Fsp3) is 0.161. The Balaban J connectivity index is 1.62. The van der Waals surface area contributed by atoms with Crippen LogP contribution in [0.5, 0.6) is 23.0 Å². The van der Waals surface area contributed by atoms with Crippen molar-refractivity contribution in [1.82, 2.24) is 0 Å². The van der Waals surface area contributed by atoms with Gasteiger partial charge in [0, 0.05) is 5.56 Å². The summed E-state index contributed by atoms with van der Waals surface area (Å²) < 4.78 is 97.6. The molecular weight excluding hydrogens is 566 g/mol. The Morgan fingerprint density at radius 2 is 1.21 bits per heavy atom. The van der Waals surface area contributed by atoms with E-state index >= 15 is 0 Å². The SMILES string of the molecule is Cc1cc(C(c2ccc(OC(=O)c3ccc(Oc4ccc(C=O)cc4)cc3)c(C)c2)(C(F)(F)F)C(F)(F)F)ccc1O. The van der Waals surface area contributed by atoms with Crippen LogP contribution in [-0.2, 0) is 5.41 Å². The summed E-state index contributed by atoms with van der Waals surface area (Å²) in [4.78, 5) is 23.5. The maximum atomic E-state index is 14.5. The standard InChI is InChI=1S/C31H22F6O5/c1-18-15-22(7-13-26(18)39)29(30(32,33)34,31(35,36)37)23-8-14-27(19(2)16-23)42-28(40)21-5-11-25(12-6-21)41-24-9-3-20(17-38)4-10-24/h3-17,39H,1-2H3. The van der Waals surface area contributed by atoms with E-state index < -0.39 is 40.6 Å². The average Bonchev–Trinajstić information content (AvgIpc) is 2.91. The van der Waals surface area contributed by atoms with Crippen LogP contribution in [0.15, 0.2) is 84.9 Å². The van der Waals surface area contributed by atoms with Crippen LogP contribution in [0.1, 0.15) is 43.0 Å². The first kappa shape index (κ1) is 30.2. The minimum Gasteiger partial charge on any atom is -0.508 e. The molecule has 0 unspecified atom stereocenters. The smallest absolute Gasteiger partial charge is 0.411 e. The van der Waals surface area contributed by atoms with Gasteiger partial charge >= 0.3 is 18.3 Å². The number of aryl methyl sites for hydroxylation is 2. The first-order valence-corrected chi connectivity index (χ1v) is 12.3. The molecule has 0 bridgehead atoms. The number of esters is 1. The number of hydrogen-bond acceptors (Lipinski definition) is 5. The van der Waals surface area contributed by atoms with Crippen molar-refractivity contribution in [2.45, 2.75) is 31.6 Å². The Morgan fingerprint density at radius 1 is 0.714 bits per heavy atom. The lowest BCUT2D eigenvalue weighted by Crippen LogP contribution is -2.54. The molecule has 0 aliphatic heterocycles. The number of phenolic OH excluding ortho intramolecular Hbond substituents is 1. The highest BCUT2D eigenvalue weighted by molar-refractivity contribution is 5.91. The number of rotatable bonds is 7. The van der Waals surface area contributed by atoms with Crippen LogP contribution in [-0.4, -0.2) is 29.7 Å². The maximum Gasteiger partial charge on any atom is 0.411 e. The summed E-state index contributed by atoms with van der Waals surface area (Å²) in [5.41, 5.74) is -6.48. The highest BCUT2D eigenvalue weighted by Crippen LogP contribution is 2.57. The predicted octanol–water partition coefficient (Wildman–Crippen LogP) is 8.24. The van der Waals surface area contributed by atoms with Crippen LogP contribution in [0, 0.1) is 13.8 Å². The van der Waals surface area contributed by atoms with E-state index in [-0.39, 0.29) is 22.4 Å². The van der Waals surface area contributed by atoms with E-state index in [1.807, 2.05) is 0 Å². The summed E-state index contributed by atoms with van der Waals surface area (Å²) in [6.07, 6.45) is -11.0. The molecule has 4 aromatic rings. The number of aldehydes is 1. The van der Waals surface area contributed by atoms with Crippen LogP contribution in [0.3, 0.4) is 0 Å². The highest BCUT2D eigenvalue weighted by Gasteiger charge is 2.72. The Labute approximate surface area is 235 Å². The van der Waals surface area contributed by atoms with Gasteiger partial charge in [0.05, 0.1) is 5.56 Å². The lowest BCUT2D eigenvalue weighted by Gasteiger charge is -2.38. The molecule has 0 amide bonds. The number of phenols is 1. The molecule has 11 heteroatoms. The third-order valence-corrected chi connectivity index (χ3v) is 6.63. The fourth-order valence-electron chi connectivity index (χ4n) is 4.44. The molecule has 0 aliphatic rings. The highest BCUT2D eigenvalue weighted by atomic mass is 19.4. The van der Waals surface area contributed by atoms with Crippen molar-refractivity contribution in [1.29, 1.82) is 0 Å². The third kappa shape index (κ3) is 5.67. The van der Waals surface area contributed by atoms with E-state index in [1.165, 1.54) is 38.1 Å². The first-order valence-electron chi connectivity index (χ1n) is 12.3. The quantitative estimate of drug-likeness (QED) is 0.102. The minimum absolute atomic E-state index is 0.0432. The number of alkyl halides is 6. The Bertz CT molecular complexity index is 1590. The summed E-state index contributed by atoms with van der Waals surface area (Å²) in [5.74, 6) is -0.809. The summed E-state index contributed by atoms with van der Waals surface area (Å²) in [6.45, 7) is 2.41. The molecule has 4 rings (SSSR count). The van der Waals surface area contributed by atoms with Gasteiger partial charge in [0.15, 0.2) is 0 Å². The number of carbonyl (C=O) groups excluding carboxylic acids is 2. The molecule has 1 N–H and O–H groups in total. The Morgan fingerprint density at radius 3 is 1.69 bits per heavy atom. The minimum atomic E-state index is -5.82. The van der Waals surface area contributed by atoms with E-state index in [0.717, 1.165) is 12.1 Å². The van der Waals surface area contributed by atoms with E-state index in [0.29, 0.717) is 47.6 Å². The number of halogens is 6. The molecule has 0 heterocycles. The summed E-state index contributed by atoms with van der Waals surface area (Å²) in [5, 5.41) is 9.71. The Kier molecular flexibility index (Phi) is 8.07. The molecule has 42 heavy (non-hydrogen) atoms. The van der Waals surface area contributed by atoms with Gasteiger partial charge in [-0.15, -0.1) is 0 Å². The third-order valence-electron chi connectivity index (χ3n) is 6.63. The largest absolute Gasteiger partial charge is 0.508 e. The van der Waals surface area contributed by atoms with Gasteiger partial charge in [-0.25, -0.2) is 4.79 Å². The van der Waals surface area contributed by atoms with Gasteiger partial charge in [0.1, 0.15) is 29.3 Å². The molecule has 4 aromatic carbocycles. The normalized spacial score (nSPS) is 12.1. The maximum absolute atomic E-state index is 14.5. The van der Waals surface area contributed by atoms with Crippen molar-refractivity contribution >= 4 is 12.3 Å². The van der Waals surface area contributed by atoms with Crippen molar-refractivity contribution in [3.05, 3.63) is 118 Å². The summed E-state index contributed by atoms with van der Waals surface area (Å²) in [6, 6.07) is 16.1. The van der Waals surface area contributed by atoms with Gasteiger partial charge in [-0.2, -0.15) is 26.3 Å². The molecule has 0 fully saturated rings. The predicted molar refractivity (Wildman–Crippen MR) is 140 cm³/mol. The second-order valence-electron chi connectivity index (χ2n) is 9.43. The molecule has 0 spiro atoms. The second kappa shape index (κ2) is 11.2. The summed E-state index contributed by atoms with van der Waals surface area (Å²) >= 11 is 0. The topological polar surface area (TPSA) is 72.8 Å². The van der Waals surface area contributed by atoms with Crippen LogP contribution in [0.25, 0.3) is 0 Å². The number of aromatic hydroxyl groups is 1. The summed E-state index contributed by atoms with van der Waals surface area (Å²) in [7, 11) is 0. The molecule has 0 aliphatic carbocycles. The average molecular weight is 589 g/mol. The van der Waals surface area contributed by atoms with Crippen LogP contribution < -0.4 is 9.47 Å². The number of ether oxygens (including phenoxy) is 2. The number of benzene rings is 4. The molecule has 218 valence electrons. The van der Waals surface area contributed by atoms with E-state index in [1.54, 1.807) is 24.3 Å². The molecule has 0 saturated heterocycles. The zero-order valence-corrected chi connectivity index (χ0v) is 22.0. The second-order valence-corrected chi connectivity index (χ2v) is 9.43. The van der Waals surface area contributed by atoms with Gasteiger partial charge in [0.2, 0.25) is 5.41 Å². The lowest BCUT2D eigenvalue weighted by atomic mass is 9.72. The van der Waals surface area contributed by atoms with E-state index in [4.69, 9.17) is 9.47 Å². The van der Waals surface area contributed by atoms with E-state index in [9.17, 15) is 41.0 Å². The molecular formula is C31H22F6O5. The van der Waals surface area contributed by atoms with Crippen molar-refractivity contribution < 1.29 is 50.5 Å². The number of carbonyl (C=O) groups is 2. The zero-order chi connectivity index (χ0) is 30.9. The van der Waals surface area contributed by atoms with Crippen LogP contribution in [0.2, 0.25) is 0 Å². The van der Waals surface area contributed by atoms with Gasteiger partial charge in [-0.3, -0.25) is 4.79 Å². The first-order chi connectivity index (χ1) is 19.7. The molecule has 0 saturated carbocycles. The van der Waals surface area contributed by atoms with Gasteiger partial charge in [-0.05, 0) is 96.8 Å². The van der Waals surface area contributed by atoms with Crippen molar-refractivity contribution in [3.63, 3.8) is 0 Å². The Hall–Kier alpha value is -4.80. The van der Waals surface area contributed by atoms with Crippen LogP contribution in [0.4, 0.5) is 26.3 Å². The molecule has 0 aromatic heterocycles. The number of hydrogen-bond donors (Lipinski definition) is 1. The van der Waals surface area contributed by atoms with Crippen molar-refractivity contribution in [2.24, 2.45) is 0 Å². The monoisotopic (exact) mass is 588 g/mol.